The molecule has 1 aromatic rings. The summed E-state index contributed by atoms with van der Waals surface area (Å²) in [7, 11) is 0. The van der Waals surface area contributed by atoms with E-state index in [0.29, 0.717) is 5.92 Å². The lowest BCUT2D eigenvalue weighted by atomic mass is 9.82. The van der Waals surface area contributed by atoms with E-state index < -0.39 is 0 Å². The largest absolute Gasteiger partial charge is 0.319 e. The highest BCUT2D eigenvalue weighted by atomic mass is 15.2. The molecule has 0 atom stereocenters. The SMILES string of the molecule is NC1(c2n[nH]c(C3CCCC3)n2)CCCCC1. The number of aromatic nitrogens is 3. The maximum Gasteiger partial charge on any atom is 0.170 e. The molecule has 3 N–H and O–H groups in total. The van der Waals surface area contributed by atoms with Gasteiger partial charge in [-0.05, 0) is 25.7 Å². The predicted molar refractivity (Wildman–Crippen MR) is 66.5 cm³/mol. The summed E-state index contributed by atoms with van der Waals surface area (Å²) in [6.07, 6.45) is 11.0. The Morgan fingerprint density at radius 1 is 1.06 bits per heavy atom. The van der Waals surface area contributed by atoms with Crippen molar-refractivity contribution in [1.29, 1.82) is 0 Å². The fourth-order valence-electron chi connectivity index (χ4n) is 3.29. The summed E-state index contributed by atoms with van der Waals surface area (Å²) >= 11 is 0. The maximum absolute atomic E-state index is 6.45. The summed E-state index contributed by atoms with van der Waals surface area (Å²) in [6.45, 7) is 0. The summed E-state index contributed by atoms with van der Waals surface area (Å²) in [5.74, 6) is 2.54. The second-order valence-corrected chi connectivity index (χ2v) is 5.74. The first-order valence-corrected chi connectivity index (χ1v) is 7.00. The molecule has 2 aliphatic carbocycles. The average Bonchev–Trinajstić information content (AvgIpc) is 3.01. The summed E-state index contributed by atoms with van der Waals surface area (Å²) in [5, 5.41) is 7.52. The van der Waals surface area contributed by atoms with Crippen molar-refractivity contribution in [2.45, 2.75) is 69.2 Å². The molecule has 4 nitrogen and oxygen atoms in total. The Bertz CT molecular complexity index is 373. The molecule has 17 heavy (non-hydrogen) atoms. The molecule has 0 radical (unpaired) electrons. The molecule has 2 aliphatic rings. The number of nitrogens with one attached hydrogen (secondary N) is 1. The van der Waals surface area contributed by atoms with E-state index in [4.69, 9.17) is 10.7 Å². The number of rotatable bonds is 2. The van der Waals surface area contributed by atoms with Crippen LogP contribution in [0.15, 0.2) is 0 Å². The molecular formula is C13H22N4. The van der Waals surface area contributed by atoms with Gasteiger partial charge in [0.1, 0.15) is 5.82 Å². The van der Waals surface area contributed by atoms with Gasteiger partial charge in [-0.3, -0.25) is 5.10 Å². The lowest BCUT2D eigenvalue weighted by Gasteiger charge is -2.30. The van der Waals surface area contributed by atoms with Gasteiger partial charge in [-0.2, -0.15) is 5.10 Å². The van der Waals surface area contributed by atoms with Crippen LogP contribution in [0.1, 0.15) is 75.4 Å². The molecular weight excluding hydrogens is 212 g/mol. The van der Waals surface area contributed by atoms with E-state index in [1.807, 2.05) is 0 Å². The first kappa shape index (κ1) is 11.2. The number of H-pyrrole nitrogens is 1. The van der Waals surface area contributed by atoms with Crippen LogP contribution in [0, 0.1) is 0 Å². The van der Waals surface area contributed by atoms with Crippen LogP contribution < -0.4 is 5.73 Å². The van der Waals surface area contributed by atoms with Gasteiger partial charge in [-0.1, -0.05) is 32.1 Å². The molecule has 1 heterocycles. The van der Waals surface area contributed by atoms with Gasteiger partial charge in [0.15, 0.2) is 5.82 Å². The van der Waals surface area contributed by atoms with Crippen LogP contribution in [0.4, 0.5) is 0 Å². The van der Waals surface area contributed by atoms with Crippen molar-refractivity contribution < 1.29 is 0 Å². The molecule has 3 rings (SSSR count). The van der Waals surface area contributed by atoms with Crippen molar-refractivity contribution in [3.05, 3.63) is 11.6 Å². The Balaban J connectivity index is 1.78. The Morgan fingerprint density at radius 3 is 2.47 bits per heavy atom. The number of nitrogens with two attached hydrogens (primary N) is 1. The number of nitrogens with zero attached hydrogens (tertiary/aromatic N) is 2. The molecule has 0 aliphatic heterocycles. The summed E-state index contributed by atoms with van der Waals surface area (Å²) in [4.78, 5) is 4.70. The minimum absolute atomic E-state index is 0.258. The molecule has 1 aromatic heterocycles. The molecule has 0 unspecified atom stereocenters. The fraction of sp³-hybridized carbons (Fsp3) is 0.846. The van der Waals surface area contributed by atoms with Crippen LogP contribution in [0.3, 0.4) is 0 Å². The van der Waals surface area contributed by atoms with Gasteiger partial charge < -0.3 is 5.73 Å². The third kappa shape index (κ3) is 2.10. The zero-order valence-electron chi connectivity index (χ0n) is 10.4. The van der Waals surface area contributed by atoms with E-state index in [2.05, 4.69) is 10.2 Å². The van der Waals surface area contributed by atoms with Crippen LogP contribution in [0.25, 0.3) is 0 Å². The molecule has 0 saturated heterocycles. The minimum atomic E-state index is -0.258. The maximum atomic E-state index is 6.45. The van der Waals surface area contributed by atoms with Gasteiger partial charge in [0, 0.05) is 5.92 Å². The smallest absolute Gasteiger partial charge is 0.170 e. The van der Waals surface area contributed by atoms with Crippen LogP contribution in [-0.2, 0) is 5.54 Å². The van der Waals surface area contributed by atoms with Gasteiger partial charge in [-0.25, -0.2) is 4.98 Å². The van der Waals surface area contributed by atoms with E-state index in [1.54, 1.807) is 0 Å². The van der Waals surface area contributed by atoms with Crippen LogP contribution in [0.2, 0.25) is 0 Å². The van der Waals surface area contributed by atoms with E-state index >= 15 is 0 Å². The minimum Gasteiger partial charge on any atom is -0.319 e. The van der Waals surface area contributed by atoms with Crippen molar-refractivity contribution in [2.75, 3.05) is 0 Å². The zero-order chi connectivity index (χ0) is 11.7. The highest BCUT2D eigenvalue weighted by molar-refractivity contribution is 5.09. The second-order valence-electron chi connectivity index (χ2n) is 5.74. The second kappa shape index (κ2) is 4.41. The summed E-state index contributed by atoms with van der Waals surface area (Å²) in [5.41, 5.74) is 6.19. The van der Waals surface area contributed by atoms with Crippen molar-refractivity contribution in [2.24, 2.45) is 5.73 Å². The predicted octanol–water partition coefficient (Wildman–Crippen LogP) is 2.58. The van der Waals surface area contributed by atoms with E-state index in [9.17, 15) is 0 Å². The summed E-state index contributed by atoms with van der Waals surface area (Å²) in [6, 6.07) is 0. The van der Waals surface area contributed by atoms with Crippen molar-refractivity contribution in [3.63, 3.8) is 0 Å². The van der Waals surface area contributed by atoms with Gasteiger partial charge in [0.2, 0.25) is 0 Å². The zero-order valence-corrected chi connectivity index (χ0v) is 10.4. The van der Waals surface area contributed by atoms with Gasteiger partial charge in [-0.15, -0.1) is 0 Å². The molecule has 0 spiro atoms. The Hall–Kier alpha value is -0.900. The van der Waals surface area contributed by atoms with E-state index in [0.717, 1.165) is 24.5 Å². The van der Waals surface area contributed by atoms with Crippen LogP contribution in [0.5, 0.6) is 0 Å². The first-order chi connectivity index (χ1) is 8.28. The Kier molecular flexibility index (Phi) is 2.90. The third-order valence-corrected chi connectivity index (χ3v) is 4.44. The quantitative estimate of drug-likeness (QED) is 0.826. The topological polar surface area (TPSA) is 67.6 Å². The lowest BCUT2D eigenvalue weighted by Crippen LogP contribution is -2.39. The van der Waals surface area contributed by atoms with E-state index in [1.165, 1.54) is 44.9 Å². The average molecular weight is 234 g/mol. The molecule has 2 fully saturated rings. The van der Waals surface area contributed by atoms with Crippen LogP contribution in [-0.4, -0.2) is 15.2 Å². The van der Waals surface area contributed by atoms with Crippen LogP contribution >= 0.6 is 0 Å². The Labute approximate surface area is 102 Å². The molecule has 2 saturated carbocycles. The van der Waals surface area contributed by atoms with Crippen molar-refractivity contribution in [3.8, 4) is 0 Å². The molecule has 94 valence electrons. The fourth-order valence-corrected chi connectivity index (χ4v) is 3.29. The third-order valence-electron chi connectivity index (χ3n) is 4.44. The Morgan fingerprint density at radius 2 is 1.76 bits per heavy atom. The van der Waals surface area contributed by atoms with Gasteiger partial charge in [0.05, 0.1) is 5.54 Å². The molecule has 0 bridgehead atoms. The molecule has 0 amide bonds. The van der Waals surface area contributed by atoms with Gasteiger partial charge >= 0.3 is 0 Å². The molecule has 0 aromatic carbocycles. The van der Waals surface area contributed by atoms with Crippen molar-refractivity contribution in [1.82, 2.24) is 15.2 Å². The van der Waals surface area contributed by atoms with Gasteiger partial charge in [0.25, 0.3) is 0 Å². The normalized spacial score (nSPS) is 25.2. The lowest BCUT2D eigenvalue weighted by molar-refractivity contribution is 0.287. The highest BCUT2D eigenvalue weighted by Crippen LogP contribution is 2.35. The highest BCUT2D eigenvalue weighted by Gasteiger charge is 2.34. The number of aromatic amines is 1. The molecule has 4 heteroatoms. The van der Waals surface area contributed by atoms with E-state index in [-0.39, 0.29) is 5.54 Å². The summed E-state index contributed by atoms with van der Waals surface area (Å²) < 4.78 is 0. The standard InChI is InChI=1S/C13H22N4/c14-13(8-4-1-5-9-13)12-15-11(16-17-12)10-6-2-3-7-10/h10H,1-9,14H2,(H,15,16,17). The monoisotopic (exact) mass is 234 g/mol. The number of hydrogen-bond donors (Lipinski definition) is 2. The number of hydrogen-bond acceptors (Lipinski definition) is 3. The first-order valence-electron chi connectivity index (χ1n) is 7.00. The van der Waals surface area contributed by atoms with Crippen molar-refractivity contribution >= 4 is 0 Å².